The molecule has 0 fully saturated rings. The van der Waals surface area contributed by atoms with Gasteiger partial charge in [0, 0.05) is 14.3 Å². The normalized spacial score (nSPS) is 12.0. The molecule has 2 heterocycles. The molecule has 5 rings (SSSR count). The van der Waals surface area contributed by atoms with Gasteiger partial charge in [0.2, 0.25) is 0 Å². The molecule has 0 aliphatic heterocycles. The van der Waals surface area contributed by atoms with E-state index >= 15 is 0 Å². The van der Waals surface area contributed by atoms with Gasteiger partial charge in [0.05, 0.1) is 0 Å². The van der Waals surface area contributed by atoms with E-state index in [9.17, 15) is 0 Å². The van der Waals surface area contributed by atoms with Gasteiger partial charge in [-0.1, -0.05) is 36.4 Å². The Kier molecular flexibility index (Phi) is 3.25. The van der Waals surface area contributed by atoms with Gasteiger partial charge in [-0.15, -0.1) is 22.7 Å². The Balaban J connectivity index is 1.54. The minimum absolute atomic E-state index is 1.25. The molecule has 0 aliphatic carbocycles. The van der Waals surface area contributed by atoms with Crippen LogP contribution in [0.2, 0.25) is 0 Å². The summed E-state index contributed by atoms with van der Waals surface area (Å²) in [4.78, 5) is 1.30. The van der Waals surface area contributed by atoms with Gasteiger partial charge in [-0.3, -0.25) is 0 Å². The van der Waals surface area contributed by atoms with Crippen LogP contribution in [0.5, 0.6) is 0 Å². The molecule has 0 saturated carbocycles. The highest BCUT2D eigenvalue weighted by Crippen LogP contribution is 2.31. The molecule has 0 N–H and O–H groups in total. The van der Waals surface area contributed by atoms with Crippen molar-refractivity contribution in [3.05, 3.63) is 82.6 Å². The lowest BCUT2D eigenvalue weighted by Crippen LogP contribution is -1.70. The van der Waals surface area contributed by atoms with Crippen LogP contribution in [-0.4, -0.2) is 0 Å². The molecule has 0 spiro atoms. The Bertz CT molecular complexity index is 1150. The summed E-state index contributed by atoms with van der Waals surface area (Å²) in [6.45, 7) is 0. The molecule has 0 amide bonds. The van der Waals surface area contributed by atoms with Gasteiger partial charge in [-0.05, 0) is 75.0 Å². The van der Waals surface area contributed by atoms with Gasteiger partial charge in [-0.2, -0.15) is 0 Å². The van der Waals surface area contributed by atoms with Gasteiger partial charge in [0.25, 0.3) is 0 Å². The van der Waals surface area contributed by atoms with Crippen LogP contribution in [0.4, 0.5) is 0 Å². The van der Waals surface area contributed by atoms with Gasteiger partial charge in [0.15, 0.2) is 0 Å². The smallest absolute Gasteiger partial charge is 0.0355 e. The maximum absolute atomic E-state index is 2.30. The molecule has 5 aromatic rings. The quantitative estimate of drug-likeness (QED) is 0.313. The van der Waals surface area contributed by atoms with Crippen LogP contribution in [0.25, 0.3) is 43.1 Å². The fraction of sp³-hybridized carbons (Fsp3) is 0. The van der Waals surface area contributed by atoms with Crippen molar-refractivity contribution in [1.29, 1.82) is 0 Å². The highest BCUT2D eigenvalue weighted by Gasteiger charge is 2.02. The molecule has 0 bridgehead atoms. The van der Waals surface area contributed by atoms with Crippen molar-refractivity contribution in [2.24, 2.45) is 0 Å². The number of rotatable bonds is 2. The molecular weight excluding hydrogens is 328 g/mol. The van der Waals surface area contributed by atoms with E-state index < -0.39 is 0 Å². The summed E-state index contributed by atoms with van der Waals surface area (Å²) in [5.41, 5.74) is 1.25. The zero-order valence-corrected chi connectivity index (χ0v) is 14.5. The van der Waals surface area contributed by atoms with Crippen molar-refractivity contribution in [1.82, 2.24) is 0 Å². The standard InChI is InChI=1S/C22H14S2/c1-2-4-17-14-22-19(12-16(17)3-1)13-20(24-22)7-5-15-6-8-21-18(11-15)9-10-23-21/h1-14H/b7-5+. The molecule has 0 unspecified atom stereocenters. The second-order valence-electron chi connectivity index (χ2n) is 5.94. The predicted octanol–water partition coefficient (Wildman–Crippen LogP) is 7.44. The fourth-order valence-corrected chi connectivity index (χ4v) is 4.87. The minimum atomic E-state index is 1.25. The topological polar surface area (TPSA) is 0 Å². The van der Waals surface area contributed by atoms with E-state index in [1.54, 1.807) is 11.3 Å². The SMILES string of the molecule is C(=C\c1cc2cc3ccccc3cc2s1)/c1ccc2sccc2c1. The van der Waals surface area contributed by atoms with Crippen LogP contribution >= 0.6 is 22.7 Å². The molecule has 0 saturated heterocycles. The zero-order valence-electron chi connectivity index (χ0n) is 12.9. The first-order chi connectivity index (χ1) is 11.8. The first-order valence-corrected chi connectivity index (χ1v) is 9.62. The van der Waals surface area contributed by atoms with Crippen LogP contribution in [0.3, 0.4) is 0 Å². The molecule has 2 heteroatoms. The monoisotopic (exact) mass is 342 g/mol. The number of benzene rings is 3. The van der Waals surface area contributed by atoms with Crippen LogP contribution in [0.1, 0.15) is 10.4 Å². The van der Waals surface area contributed by atoms with E-state index in [0.29, 0.717) is 0 Å². The number of hydrogen-bond acceptors (Lipinski definition) is 2. The Hall–Kier alpha value is -2.42. The summed E-state index contributed by atoms with van der Waals surface area (Å²) < 4.78 is 2.70. The number of fused-ring (bicyclic) bond motifs is 3. The summed E-state index contributed by atoms with van der Waals surface area (Å²) >= 11 is 3.64. The van der Waals surface area contributed by atoms with Crippen LogP contribution in [0.15, 0.2) is 72.1 Å². The summed E-state index contributed by atoms with van der Waals surface area (Å²) in [7, 11) is 0. The second kappa shape index (κ2) is 5.59. The summed E-state index contributed by atoms with van der Waals surface area (Å²) in [6.07, 6.45) is 4.43. The molecule has 24 heavy (non-hydrogen) atoms. The first-order valence-electron chi connectivity index (χ1n) is 7.93. The predicted molar refractivity (Wildman–Crippen MR) is 110 cm³/mol. The first kappa shape index (κ1) is 14.0. The van der Waals surface area contributed by atoms with Crippen molar-refractivity contribution in [2.75, 3.05) is 0 Å². The maximum atomic E-state index is 2.30. The van der Waals surface area contributed by atoms with E-state index in [4.69, 9.17) is 0 Å². The minimum Gasteiger partial charge on any atom is -0.144 e. The maximum Gasteiger partial charge on any atom is 0.0355 e. The van der Waals surface area contributed by atoms with Crippen LogP contribution in [-0.2, 0) is 0 Å². The molecule has 0 radical (unpaired) electrons. The van der Waals surface area contributed by atoms with Gasteiger partial charge in [0.1, 0.15) is 0 Å². The summed E-state index contributed by atoms with van der Waals surface area (Å²) in [5.74, 6) is 0. The van der Waals surface area contributed by atoms with Crippen molar-refractivity contribution in [3.63, 3.8) is 0 Å². The van der Waals surface area contributed by atoms with E-state index in [0.717, 1.165) is 0 Å². The van der Waals surface area contributed by atoms with Crippen molar-refractivity contribution >= 4 is 65.8 Å². The molecule has 114 valence electrons. The highest BCUT2D eigenvalue weighted by atomic mass is 32.1. The van der Waals surface area contributed by atoms with E-state index in [-0.39, 0.29) is 0 Å². The fourth-order valence-electron chi connectivity index (χ4n) is 3.10. The molecule has 2 aromatic heterocycles. The summed E-state index contributed by atoms with van der Waals surface area (Å²) in [6, 6.07) is 24.3. The summed E-state index contributed by atoms with van der Waals surface area (Å²) in [5, 5.41) is 7.41. The zero-order chi connectivity index (χ0) is 15.9. The lowest BCUT2D eigenvalue weighted by atomic mass is 10.1. The Morgan fingerprint density at radius 1 is 0.625 bits per heavy atom. The number of thiophene rings is 2. The number of hydrogen-bond donors (Lipinski definition) is 0. The molecule has 3 aromatic carbocycles. The van der Waals surface area contributed by atoms with Gasteiger partial charge in [-0.25, -0.2) is 0 Å². The lowest BCUT2D eigenvalue weighted by Gasteiger charge is -1.96. The van der Waals surface area contributed by atoms with Crippen molar-refractivity contribution in [2.45, 2.75) is 0 Å². The molecular formula is C22H14S2. The van der Waals surface area contributed by atoms with E-state index in [1.165, 1.54) is 41.4 Å². The Morgan fingerprint density at radius 2 is 1.50 bits per heavy atom. The molecule has 0 nitrogen and oxygen atoms in total. The molecule has 0 atom stereocenters. The third-order valence-corrected chi connectivity index (χ3v) is 6.28. The molecule has 0 aliphatic rings. The third kappa shape index (κ3) is 2.44. The second-order valence-corrected chi connectivity index (χ2v) is 8.00. The van der Waals surface area contributed by atoms with Crippen molar-refractivity contribution < 1.29 is 0 Å². The average molecular weight is 342 g/mol. The largest absolute Gasteiger partial charge is 0.144 e. The third-order valence-electron chi connectivity index (χ3n) is 4.32. The van der Waals surface area contributed by atoms with Crippen LogP contribution in [0, 0.1) is 0 Å². The average Bonchev–Trinajstić information content (AvgIpc) is 3.23. The van der Waals surface area contributed by atoms with Gasteiger partial charge >= 0.3 is 0 Å². The van der Waals surface area contributed by atoms with Crippen LogP contribution < -0.4 is 0 Å². The van der Waals surface area contributed by atoms with Gasteiger partial charge < -0.3 is 0 Å². The Morgan fingerprint density at radius 3 is 2.42 bits per heavy atom. The van der Waals surface area contributed by atoms with E-state index in [2.05, 4.69) is 84.3 Å². The lowest BCUT2D eigenvalue weighted by molar-refractivity contribution is 1.77. The Labute approximate surface area is 148 Å². The highest BCUT2D eigenvalue weighted by molar-refractivity contribution is 7.20. The van der Waals surface area contributed by atoms with E-state index in [1.807, 2.05) is 11.3 Å². The van der Waals surface area contributed by atoms with Crippen molar-refractivity contribution in [3.8, 4) is 0 Å².